The summed E-state index contributed by atoms with van der Waals surface area (Å²) in [6, 6.07) is 1.24. The lowest BCUT2D eigenvalue weighted by Gasteiger charge is -2.32. The fraction of sp³-hybridized carbons (Fsp3) is 0.895. The molecule has 7 heteroatoms. The van der Waals surface area contributed by atoms with E-state index in [1.54, 1.807) is 4.90 Å². The second-order valence-corrected chi connectivity index (χ2v) is 7.71. The number of nitrogens with one attached hydrogen (secondary N) is 2. The fourth-order valence-corrected chi connectivity index (χ4v) is 3.94. The second kappa shape index (κ2) is 9.44. The van der Waals surface area contributed by atoms with E-state index in [4.69, 9.17) is 9.73 Å². The molecule has 2 saturated heterocycles. The van der Waals surface area contributed by atoms with Gasteiger partial charge in [0.1, 0.15) is 0 Å². The topological polar surface area (TPSA) is 69.2 Å². The highest BCUT2D eigenvalue weighted by Crippen LogP contribution is 2.31. The minimum absolute atomic E-state index is 0.187. The van der Waals surface area contributed by atoms with Crippen LogP contribution in [0.15, 0.2) is 4.99 Å². The van der Waals surface area contributed by atoms with Crippen LogP contribution < -0.4 is 10.6 Å². The molecule has 1 unspecified atom stereocenters. The van der Waals surface area contributed by atoms with E-state index < -0.39 is 0 Å². The van der Waals surface area contributed by atoms with Gasteiger partial charge in [-0.2, -0.15) is 0 Å². The average molecular weight is 366 g/mol. The summed E-state index contributed by atoms with van der Waals surface area (Å²) < 4.78 is 5.09. The van der Waals surface area contributed by atoms with E-state index in [1.165, 1.54) is 32.4 Å². The van der Waals surface area contributed by atoms with Crippen molar-refractivity contribution in [2.24, 2.45) is 10.9 Å². The Morgan fingerprint density at radius 2 is 1.88 bits per heavy atom. The van der Waals surface area contributed by atoms with E-state index in [2.05, 4.69) is 22.5 Å². The van der Waals surface area contributed by atoms with Crippen molar-refractivity contribution in [3.8, 4) is 0 Å². The third kappa shape index (κ3) is 5.50. The summed E-state index contributed by atoms with van der Waals surface area (Å²) in [5.74, 6) is 1.61. The van der Waals surface area contributed by atoms with Crippen LogP contribution >= 0.6 is 0 Å². The van der Waals surface area contributed by atoms with Crippen molar-refractivity contribution in [3.63, 3.8) is 0 Å². The van der Waals surface area contributed by atoms with Gasteiger partial charge in [0.25, 0.3) is 0 Å². The summed E-state index contributed by atoms with van der Waals surface area (Å²) in [4.78, 5) is 21.1. The lowest BCUT2D eigenvalue weighted by Crippen LogP contribution is -2.50. The largest absolute Gasteiger partial charge is 0.450 e. The van der Waals surface area contributed by atoms with Gasteiger partial charge in [-0.25, -0.2) is 4.79 Å². The smallest absolute Gasteiger partial charge is 0.409 e. The Hall–Kier alpha value is -1.50. The third-order valence-corrected chi connectivity index (χ3v) is 5.59. The number of carbonyl (C=O) groups is 1. The van der Waals surface area contributed by atoms with E-state index >= 15 is 0 Å². The highest BCUT2D eigenvalue weighted by atomic mass is 16.6. The van der Waals surface area contributed by atoms with Crippen LogP contribution in [0.1, 0.15) is 46.0 Å². The summed E-state index contributed by atoms with van der Waals surface area (Å²) in [6.07, 6.45) is 5.74. The Kier molecular flexibility index (Phi) is 7.00. The quantitative estimate of drug-likeness (QED) is 0.553. The van der Waals surface area contributed by atoms with E-state index in [1.807, 2.05) is 6.92 Å². The van der Waals surface area contributed by atoms with Gasteiger partial charge in [-0.1, -0.05) is 0 Å². The Labute approximate surface area is 157 Å². The molecule has 0 radical (unpaired) electrons. The van der Waals surface area contributed by atoms with Gasteiger partial charge in [0.05, 0.1) is 6.61 Å². The Bertz CT molecular complexity index is 486. The number of likely N-dealkylation sites (tertiary alicyclic amines) is 2. The lowest BCUT2D eigenvalue weighted by atomic mass is 10.1. The summed E-state index contributed by atoms with van der Waals surface area (Å²) in [5, 5.41) is 6.94. The van der Waals surface area contributed by atoms with Crippen molar-refractivity contribution in [1.29, 1.82) is 0 Å². The average Bonchev–Trinajstić information content (AvgIpc) is 3.39. The molecule has 1 atom stereocenters. The molecule has 3 aliphatic rings. The van der Waals surface area contributed by atoms with Crippen LogP contribution in [0, 0.1) is 5.92 Å². The number of ether oxygens (including phenoxy) is 1. The lowest BCUT2D eigenvalue weighted by molar-refractivity contribution is 0.0963. The summed E-state index contributed by atoms with van der Waals surface area (Å²) in [7, 11) is 0. The zero-order chi connectivity index (χ0) is 18.4. The van der Waals surface area contributed by atoms with E-state index in [-0.39, 0.29) is 6.09 Å². The van der Waals surface area contributed by atoms with Crippen LogP contribution in [0.3, 0.4) is 0 Å². The third-order valence-electron chi connectivity index (χ3n) is 5.59. The predicted octanol–water partition coefficient (Wildman–Crippen LogP) is 1.65. The van der Waals surface area contributed by atoms with Crippen molar-refractivity contribution >= 4 is 12.1 Å². The second-order valence-electron chi connectivity index (χ2n) is 7.71. The van der Waals surface area contributed by atoms with Crippen molar-refractivity contribution in [3.05, 3.63) is 0 Å². The normalized spacial score (nSPS) is 25.4. The van der Waals surface area contributed by atoms with Crippen LogP contribution in [-0.4, -0.2) is 79.8 Å². The van der Waals surface area contributed by atoms with Crippen LogP contribution in [-0.2, 0) is 4.74 Å². The molecule has 0 aromatic rings. The van der Waals surface area contributed by atoms with Gasteiger partial charge in [0, 0.05) is 44.8 Å². The van der Waals surface area contributed by atoms with Gasteiger partial charge in [0.2, 0.25) is 0 Å². The van der Waals surface area contributed by atoms with Gasteiger partial charge >= 0.3 is 6.09 Å². The standard InChI is InChI=1S/C19H35N5O2/c1-3-20-18(21-13-15-7-10-24(14-15)17-5-6-17)22-16-8-11-23(12-9-16)19(25)26-4-2/h15-17H,3-14H2,1-2H3,(H2,20,21,22). The van der Waals surface area contributed by atoms with Crippen LogP contribution in [0.5, 0.6) is 0 Å². The molecule has 1 aliphatic carbocycles. The molecule has 0 spiro atoms. The maximum atomic E-state index is 11.8. The Morgan fingerprint density at radius 3 is 2.54 bits per heavy atom. The minimum atomic E-state index is -0.187. The molecule has 0 bridgehead atoms. The number of hydrogen-bond acceptors (Lipinski definition) is 4. The van der Waals surface area contributed by atoms with Crippen molar-refractivity contribution < 1.29 is 9.53 Å². The van der Waals surface area contributed by atoms with Crippen LogP contribution in [0.25, 0.3) is 0 Å². The molecule has 2 N–H and O–H groups in total. The number of rotatable bonds is 6. The highest BCUT2D eigenvalue weighted by molar-refractivity contribution is 5.80. The van der Waals surface area contributed by atoms with Crippen molar-refractivity contribution in [1.82, 2.24) is 20.4 Å². The van der Waals surface area contributed by atoms with E-state index in [0.29, 0.717) is 18.6 Å². The van der Waals surface area contributed by atoms with Gasteiger partial charge < -0.3 is 25.2 Å². The zero-order valence-corrected chi connectivity index (χ0v) is 16.4. The molecule has 2 aliphatic heterocycles. The van der Waals surface area contributed by atoms with Crippen molar-refractivity contribution in [2.75, 3.05) is 45.9 Å². The maximum Gasteiger partial charge on any atom is 0.409 e. The number of guanidine groups is 1. The minimum Gasteiger partial charge on any atom is -0.450 e. The van der Waals surface area contributed by atoms with E-state index in [0.717, 1.165) is 51.0 Å². The Balaban J connectivity index is 1.42. The SMILES string of the molecule is CCNC(=NCC1CCN(C2CC2)C1)NC1CCN(C(=O)OCC)CC1. The first-order valence-electron chi connectivity index (χ1n) is 10.4. The summed E-state index contributed by atoms with van der Waals surface area (Å²) in [5.41, 5.74) is 0. The molecular formula is C19H35N5O2. The van der Waals surface area contributed by atoms with E-state index in [9.17, 15) is 4.79 Å². The number of nitrogens with zero attached hydrogens (tertiary/aromatic N) is 3. The van der Waals surface area contributed by atoms with Crippen molar-refractivity contribution in [2.45, 2.75) is 58.0 Å². The molecule has 3 fully saturated rings. The number of carbonyl (C=O) groups excluding carboxylic acids is 1. The number of hydrogen-bond donors (Lipinski definition) is 2. The molecule has 148 valence electrons. The fourth-order valence-electron chi connectivity index (χ4n) is 3.94. The van der Waals surface area contributed by atoms with Gasteiger partial charge in [0.15, 0.2) is 5.96 Å². The molecule has 2 heterocycles. The molecule has 26 heavy (non-hydrogen) atoms. The number of aliphatic imine (C=N–C) groups is 1. The van der Waals surface area contributed by atoms with Gasteiger partial charge in [-0.05, 0) is 58.4 Å². The van der Waals surface area contributed by atoms with Gasteiger partial charge in [-0.3, -0.25) is 4.99 Å². The van der Waals surface area contributed by atoms with Crippen LogP contribution in [0.4, 0.5) is 4.79 Å². The molecule has 1 saturated carbocycles. The first-order chi connectivity index (χ1) is 12.7. The summed E-state index contributed by atoms with van der Waals surface area (Å²) >= 11 is 0. The molecule has 0 aromatic carbocycles. The van der Waals surface area contributed by atoms with Crippen LogP contribution in [0.2, 0.25) is 0 Å². The Morgan fingerprint density at radius 1 is 1.12 bits per heavy atom. The molecule has 3 rings (SSSR count). The maximum absolute atomic E-state index is 11.8. The highest BCUT2D eigenvalue weighted by Gasteiger charge is 2.34. The number of piperidine rings is 1. The predicted molar refractivity (Wildman–Crippen MR) is 103 cm³/mol. The molecule has 7 nitrogen and oxygen atoms in total. The monoisotopic (exact) mass is 365 g/mol. The van der Waals surface area contributed by atoms with Gasteiger partial charge in [-0.15, -0.1) is 0 Å². The number of amides is 1. The molecule has 1 amide bonds. The molecule has 0 aromatic heterocycles. The zero-order valence-electron chi connectivity index (χ0n) is 16.4. The first kappa shape index (κ1) is 19.3. The summed E-state index contributed by atoms with van der Waals surface area (Å²) in [6.45, 7) is 10.1. The molecular weight excluding hydrogens is 330 g/mol. The first-order valence-corrected chi connectivity index (χ1v) is 10.4.